The third-order valence-electron chi connectivity index (χ3n) is 1.53. The summed E-state index contributed by atoms with van der Waals surface area (Å²) in [7, 11) is 1.31. The Morgan fingerprint density at radius 2 is 2.00 bits per heavy atom. The van der Waals surface area contributed by atoms with Crippen LogP contribution in [0.3, 0.4) is 0 Å². The van der Waals surface area contributed by atoms with E-state index in [-0.39, 0.29) is 17.7 Å². The molecule has 0 aromatic heterocycles. The molecule has 0 bridgehead atoms. The molecule has 0 aromatic carbocycles. The molecule has 0 saturated heterocycles. The highest BCUT2D eigenvalue weighted by molar-refractivity contribution is 9.09. The number of nitrogens with zero attached hydrogens (tertiary/aromatic N) is 1. The minimum absolute atomic E-state index is 0.0314. The zero-order valence-corrected chi connectivity index (χ0v) is 10.3. The van der Waals surface area contributed by atoms with Crippen LogP contribution in [0.2, 0.25) is 0 Å². The summed E-state index contributed by atoms with van der Waals surface area (Å²) < 4.78 is 4.58. The smallest absolute Gasteiger partial charge is 0.409 e. The van der Waals surface area contributed by atoms with E-state index in [1.807, 2.05) is 13.8 Å². The summed E-state index contributed by atoms with van der Waals surface area (Å²) in [5.74, 6) is 0.285. The first-order valence-corrected chi connectivity index (χ1v) is 5.54. The van der Waals surface area contributed by atoms with Crippen molar-refractivity contribution in [3.05, 3.63) is 0 Å². The van der Waals surface area contributed by atoms with Crippen molar-refractivity contribution in [3.8, 4) is 0 Å². The lowest BCUT2D eigenvalue weighted by molar-refractivity contribution is -0.117. The summed E-state index contributed by atoms with van der Waals surface area (Å²) in [5, 5.41) is 0.262. The summed E-state index contributed by atoms with van der Waals surface area (Å²) in [6.45, 7) is 4.60. The van der Waals surface area contributed by atoms with Gasteiger partial charge in [-0.1, -0.05) is 29.8 Å². The van der Waals surface area contributed by atoms with Gasteiger partial charge in [0.2, 0.25) is 0 Å². The topological polar surface area (TPSA) is 46.6 Å². The van der Waals surface area contributed by atoms with E-state index in [0.29, 0.717) is 12.5 Å². The Kier molecular flexibility index (Phi) is 6.53. The van der Waals surface area contributed by atoms with Crippen LogP contribution in [0.4, 0.5) is 4.79 Å². The van der Waals surface area contributed by atoms with Gasteiger partial charge in [-0.3, -0.25) is 4.79 Å². The number of carbonyl (C=O) groups excluding carboxylic acids is 2. The molecule has 0 aliphatic heterocycles. The van der Waals surface area contributed by atoms with Crippen molar-refractivity contribution in [2.24, 2.45) is 5.92 Å². The summed E-state index contributed by atoms with van der Waals surface area (Å²) in [5.41, 5.74) is 0. The third-order valence-corrected chi connectivity index (χ3v) is 2.16. The average Bonchev–Trinajstić information content (AvgIpc) is 2.14. The standard InChI is InChI=1S/C9H16BrNO3/c1-7(2)5-11(9(13)14-3)6-8(12)4-10/h7H,4-6H2,1-3H3. The summed E-state index contributed by atoms with van der Waals surface area (Å²) >= 11 is 3.05. The van der Waals surface area contributed by atoms with Gasteiger partial charge in [-0.25, -0.2) is 4.79 Å². The molecule has 0 rings (SSSR count). The Morgan fingerprint density at radius 3 is 2.36 bits per heavy atom. The number of Topliss-reactive ketones (excluding diaryl/α,β-unsaturated/α-hetero) is 1. The number of rotatable bonds is 5. The zero-order chi connectivity index (χ0) is 11.1. The van der Waals surface area contributed by atoms with Crippen LogP contribution in [0.15, 0.2) is 0 Å². The fraction of sp³-hybridized carbons (Fsp3) is 0.778. The number of ketones is 1. The van der Waals surface area contributed by atoms with E-state index in [0.717, 1.165) is 0 Å². The lowest BCUT2D eigenvalue weighted by Gasteiger charge is -2.21. The van der Waals surface area contributed by atoms with E-state index in [4.69, 9.17) is 0 Å². The van der Waals surface area contributed by atoms with Crippen LogP contribution in [0.25, 0.3) is 0 Å². The number of hydrogen-bond acceptors (Lipinski definition) is 3. The molecule has 0 aliphatic carbocycles. The molecular weight excluding hydrogens is 250 g/mol. The first-order chi connectivity index (χ1) is 6.51. The Balaban J connectivity index is 4.24. The summed E-state index contributed by atoms with van der Waals surface area (Å²) in [6.07, 6.45) is -0.451. The second-order valence-electron chi connectivity index (χ2n) is 3.42. The lowest BCUT2D eigenvalue weighted by atomic mass is 10.2. The van der Waals surface area contributed by atoms with Crippen molar-refractivity contribution < 1.29 is 14.3 Å². The highest BCUT2D eigenvalue weighted by Gasteiger charge is 2.17. The highest BCUT2D eigenvalue weighted by atomic mass is 79.9. The molecule has 0 aliphatic rings. The minimum atomic E-state index is -0.451. The fourth-order valence-electron chi connectivity index (χ4n) is 1.03. The predicted molar refractivity (Wildman–Crippen MR) is 57.6 cm³/mol. The van der Waals surface area contributed by atoms with E-state index in [1.165, 1.54) is 12.0 Å². The molecule has 4 nitrogen and oxygen atoms in total. The van der Waals surface area contributed by atoms with Crippen molar-refractivity contribution in [2.75, 3.05) is 25.5 Å². The largest absolute Gasteiger partial charge is 0.453 e. The molecule has 0 N–H and O–H groups in total. The molecule has 0 unspecified atom stereocenters. The van der Waals surface area contributed by atoms with Crippen LogP contribution >= 0.6 is 15.9 Å². The van der Waals surface area contributed by atoms with E-state index in [1.54, 1.807) is 0 Å². The van der Waals surface area contributed by atoms with Gasteiger partial charge in [-0.2, -0.15) is 0 Å². The van der Waals surface area contributed by atoms with Crippen LogP contribution < -0.4 is 0 Å². The molecule has 0 fully saturated rings. The quantitative estimate of drug-likeness (QED) is 0.711. The van der Waals surface area contributed by atoms with Crippen LogP contribution in [0.5, 0.6) is 0 Å². The molecule has 0 saturated carbocycles. The zero-order valence-electron chi connectivity index (χ0n) is 8.75. The normalized spacial score (nSPS) is 10.1. The number of methoxy groups -OCH3 is 1. The predicted octanol–water partition coefficient (Wildman–Crippen LogP) is 1.67. The maximum Gasteiger partial charge on any atom is 0.409 e. The highest BCUT2D eigenvalue weighted by Crippen LogP contribution is 2.01. The SMILES string of the molecule is COC(=O)N(CC(=O)CBr)CC(C)C. The van der Waals surface area contributed by atoms with E-state index in [2.05, 4.69) is 20.7 Å². The first kappa shape index (κ1) is 13.4. The second-order valence-corrected chi connectivity index (χ2v) is 3.98. The van der Waals surface area contributed by atoms with Gasteiger partial charge in [0, 0.05) is 6.54 Å². The molecule has 82 valence electrons. The van der Waals surface area contributed by atoms with Crippen LogP contribution in [0.1, 0.15) is 13.8 Å². The molecular formula is C9H16BrNO3. The molecule has 0 aromatic rings. The van der Waals surface area contributed by atoms with E-state index in [9.17, 15) is 9.59 Å². The maximum atomic E-state index is 11.2. The monoisotopic (exact) mass is 265 g/mol. The third kappa shape index (κ3) is 5.21. The summed E-state index contributed by atoms with van der Waals surface area (Å²) in [6, 6.07) is 0. The number of alkyl halides is 1. The van der Waals surface area contributed by atoms with Gasteiger partial charge in [0.1, 0.15) is 0 Å². The minimum Gasteiger partial charge on any atom is -0.453 e. The van der Waals surface area contributed by atoms with Crippen molar-refractivity contribution in [1.82, 2.24) is 4.90 Å². The Labute approximate surface area is 92.7 Å². The Bertz CT molecular complexity index is 206. The maximum absolute atomic E-state index is 11.2. The molecule has 5 heteroatoms. The second kappa shape index (κ2) is 6.81. The molecule has 14 heavy (non-hydrogen) atoms. The molecule has 0 heterocycles. The molecule has 1 amide bonds. The molecule has 0 radical (unpaired) electrons. The lowest BCUT2D eigenvalue weighted by Crippen LogP contribution is -2.38. The first-order valence-electron chi connectivity index (χ1n) is 4.41. The van der Waals surface area contributed by atoms with Gasteiger partial charge in [-0.15, -0.1) is 0 Å². The van der Waals surface area contributed by atoms with Crippen LogP contribution in [-0.2, 0) is 9.53 Å². The average molecular weight is 266 g/mol. The van der Waals surface area contributed by atoms with Crippen molar-refractivity contribution >= 4 is 27.8 Å². The van der Waals surface area contributed by atoms with Crippen molar-refractivity contribution in [1.29, 1.82) is 0 Å². The summed E-state index contributed by atoms with van der Waals surface area (Å²) in [4.78, 5) is 23.8. The fourth-order valence-corrected chi connectivity index (χ4v) is 1.21. The van der Waals surface area contributed by atoms with Gasteiger partial charge in [0.05, 0.1) is 19.0 Å². The van der Waals surface area contributed by atoms with Gasteiger partial charge in [0.15, 0.2) is 5.78 Å². The van der Waals surface area contributed by atoms with Crippen molar-refractivity contribution in [3.63, 3.8) is 0 Å². The van der Waals surface area contributed by atoms with Gasteiger partial charge < -0.3 is 9.64 Å². The number of ether oxygens (including phenoxy) is 1. The number of carbonyl (C=O) groups is 2. The van der Waals surface area contributed by atoms with Gasteiger partial charge in [0.25, 0.3) is 0 Å². The number of hydrogen-bond donors (Lipinski definition) is 0. The van der Waals surface area contributed by atoms with Crippen LogP contribution in [-0.4, -0.2) is 42.3 Å². The Hall–Kier alpha value is -0.580. The molecule has 0 spiro atoms. The number of amides is 1. The molecule has 0 atom stereocenters. The van der Waals surface area contributed by atoms with E-state index < -0.39 is 6.09 Å². The van der Waals surface area contributed by atoms with Gasteiger partial charge in [-0.05, 0) is 5.92 Å². The van der Waals surface area contributed by atoms with Crippen molar-refractivity contribution in [2.45, 2.75) is 13.8 Å². The number of halogens is 1. The van der Waals surface area contributed by atoms with Gasteiger partial charge >= 0.3 is 6.09 Å². The van der Waals surface area contributed by atoms with Crippen LogP contribution in [0, 0.1) is 5.92 Å². The Morgan fingerprint density at radius 1 is 1.43 bits per heavy atom. The van der Waals surface area contributed by atoms with E-state index >= 15 is 0 Å².